The van der Waals surface area contributed by atoms with E-state index in [1.807, 2.05) is 19.2 Å². The minimum Gasteiger partial charge on any atom is -0.315 e. The largest absolute Gasteiger partial charge is 0.315 e. The summed E-state index contributed by atoms with van der Waals surface area (Å²) in [5.74, 6) is 0.150. The molecule has 0 radical (unpaired) electrons. The lowest BCUT2D eigenvalue weighted by molar-refractivity contribution is -0.117. The number of anilines is 1. The van der Waals surface area contributed by atoms with E-state index in [2.05, 4.69) is 42.6 Å². The van der Waals surface area contributed by atoms with Crippen LogP contribution in [0.5, 0.6) is 0 Å². The summed E-state index contributed by atoms with van der Waals surface area (Å²) in [7, 11) is 1.83. The van der Waals surface area contributed by atoms with Gasteiger partial charge in [0, 0.05) is 29.2 Å². The first-order valence-corrected chi connectivity index (χ1v) is 8.98. The van der Waals surface area contributed by atoms with E-state index in [0.29, 0.717) is 6.42 Å². The molecule has 1 amide bonds. The SMILES string of the molecule is CCc1ccc(-c2nc(-c3ccc4c(c3)CC(=O)N4C)cs2)cc1. The van der Waals surface area contributed by atoms with Crippen molar-refractivity contribution in [2.75, 3.05) is 11.9 Å². The van der Waals surface area contributed by atoms with Gasteiger partial charge in [0.25, 0.3) is 0 Å². The molecule has 0 atom stereocenters. The molecule has 0 bridgehead atoms. The number of aryl methyl sites for hydroxylation is 1. The fourth-order valence-electron chi connectivity index (χ4n) is 3.05. The number of carbonyl (C=O) groups excluding carboxylic acids is 1. The maximum absolute atomic E-state index is 11.8. The molecule has 0 spiro atoms. The number of rotatable bonds is 3. The third-order valence-electron chi connectivity index (χ3n) is 4.57. The van der Waals surface area contributed by atoms with Crippen LogP contribution >= 0.6 is 11.3 Å². The van der Waals surface area contributed by atoms with Crippen LogP contribution in [0.25, 0.3) is 21.8 Å². The van der Waals surface area contributed by atoms with Crippen molar-refractivity contribution in [3.05, 3.63) is 59.0 Å². The first kappa shape index (κ1) is 15.1. The normalized spacial score (nSPS) is 13.4. The summed E-state index contributed by atoms with van der Waals surface area (Å²) in [5, 5.41) is 3.12. The van der Waals surface area contributed by atoms with E-state index in [0.717, 1.165) is 39.5 Å². The molecule has 24 heavy (non-hydrogen) atoms. The van der Waals surface area contributed by atoms with Gasteiger partial charge in [-0.1, -0.05) is 37.3 Å². The van der Waals surface area contributed by atoms with E-state index < -0.39 is 0 Å². The van der Waals surface area contributed by atoms with Crippen molar-refractivity contribution in [1.82, 2.24) is 4.98 Å². The Morgan fingerprint density at radius 1 is 1.12 bits per heavy atom. The Kier molecular flexibility index (Phi) is 3.69. The maximum atomic E-state index is 11.8. The van der Waals surface area contributed by atoms with Gasteiger partial charge in [0.2, 0.25) is 5.91 Å². The van der Waals surface area contributed by atoms with Crippen LogP contribution in [0, 0.1) is 0 Å². The first-order chi connectivity index (χ1) is 11.7. The Hall–Kier alpha value is -2.46. The lowest BCUT2D eigenvalue weighted by atomic mass is 10.1. The zero-order chi connectivity index (χ0) is 16.7. The van der Waals surface area contributed by atoms with E-state index in [-0.39, 0.29) is 5.91 Å². The van der Waals surface area contributed by atoms with Crippen molar-refractivity contribution in [3.63, 3.8) is 0 Å². The van der Waals surface area contributed by atoms with E-state index in [1.54, 1.807) is 16.2 Å². The number of fused-ring (bicyclic) bond motifs is 1. The highest BCUT2D eigenvalue weighted by atomic mass is 32.1. The molecule has 2 heterocycles. The average molecular weight is 334 g/mol. The lowest BCUT2D eigenvalue weighted by Crippen LogP contribution is -2.20. The molecule has 4 heteroatoms. The second-order valence-corrected chi connectivity index (χ2v) is 6.92. The van der Waals surface area contributed by atoms with Crippen LogP contribution < -0.4 is 4.90 Å². The topological polar surface area (TPSA) is 33.2 Å². The average Bonchev–Trinajstić information content (AvgIpc) is 3.20. The fraction of sp³-hybridized carbons (Fsp3) is 0.200. The van der Waals surface area contributed by atoms with Gasteiger partial charge in [-0.05, 0) is 29.7 Å². The van der Waals surface area contributed by atoms with Crippen molar-refractivity contribution in [2.24, 2.45) is 0 Å². The number of hydrogen-bond donors (Lipinski definition) is 0. The summed E-state index contributed by atoms with van der Waals surface area (Å²) in [6, 6.07) is 14.8. The maximum Gasteiger partial charge on any atom is 0.231 e. The van der Waals surface area contributed by atoms with Crippen LogP contribution in [0.1, 0.15) is 18.1 Å². The number of nitrogens with zero attached hydrogens (tertiary/aromatic N) is 2. The molecular weight excluding hydrogens is 316 g/mol. The Labute approximate surface area is 145 Å². The minimum atomic E-state index is 0.150. The third-order valence-corrected chi connectivity index (χ3v) is 5.46. The van der Waals surface area contributed by atoms with Crippen molar-refractivity contribution in [3.8, 4) is 21.8 Å². The smallest absolute Gasteiger partial charge is 0.231 e. The van der Waals surface area contributed by atoms with Gasteiger partial charge < -0.3 is 4.90 Å². The highest BCUT2D eigenvalue weighted by molar-refractivity contribution is 7.13. The third kappa shape index (κ3) is 2.53. The molecule has 2 aromatic carbocycles. The quantitative estimate of drug-likeness (QED) is 0.703. The fourth-order valence-corrected chi connectivity index (χ4v) is 3.89. The van der Waals surface area contributed by atoms with Gasteiger partial charge >= 0.3 is 0 Å². The molecule has 1 aliphatic rings. The van der Waals surface area contributed by atoms with Crippen molar-refractivity contribution in [2.45, 2.75) is 19.8 Å². The number of carbonyl (C=O) groups is 1. The van der Waals surface area contributed by atoms with Crippen LogP contribution in [-0.4, -0.2) is 17.9 Å². The van der Waals surface area contributed by atoms with Crippen LogP contribution in [0.3, 0.4) is 0 Å². The molecular formula is C20H18N2OS. The van der Waals surface area contributed by atoms with Crippen LogP contribution in [0.15, 0.2) is 47.8 Å². The van der Waals surface area contributed by atoms with Gasteiger partial charge in [-0.3, -0.25) is 4.79 Å². The standard InChI is InChI=1S/C20H18N2OS/c1-3-13-4-6-14(7-5-13)20-21-17(12-24-20)15-8-9-18-16(10-15)11-19(23)22(18)2/h4-10,12H,3,11H2,1-2H3. The molecule has 3 aromatic rings. The van der Waals surface area contributed by atoms with Crippen molar-refractivity contribution < 1.29 is 4.79 Å². The number of amides is 1. The van der Waals surface area contributed by atoms with Crippen LogP contribution in [-0.2, 0) is 17.6 Å². The summed E-state index contributed by atoms with van der Waals surface area (Å²) in [6.07, 6.45) is 1.53. The first-order valence-electron chi connectivity index (χ1n) is 8.10. The summed E-state index contributed by atoms with van der Waals surface area (Å²) >= 11 is 1.66. The van der Waals surface area contributed by atoms with Gasteiger partial charge in [0.15, 0.2) is 0 Å². The van der Waals surface area contributed by atoms with Gasteiger partial charge in [-0.25, -0.2) is 4.98 Å². The molecule has 0 fully saturated rings. The number of benzene rings is 2. The molecule has 120 valence electrons. The molecule has 0 saturated heterocycles. The summed E-state index contributed by atoms with van der Waals surface area (Å²) in [4.78, 5) is 18.3. The van der Waals surface area contributed by atoms with Gasteiger partial charge in [-0.2, -0.15) is 0 Å². The van der Waals surface area contributed by atoms with Crippen LogP contribution in [0.2, 0.25) is 0 Å². The number of hydrogen-bond acceptors (Lipinski definition) is 3. The van der Waals surface area contributed by atoms with Crippen molar-refractivity contribution >= 4 is 22.9 Å². The van der Waals surface area contributed by atoms with E-state index in [1.165, 1.54) is 5.56 Å². The number of thiazole rings is 1. The molecule has 0 saturated carbocycles. The van der Waals surface area contributed by atoms with Crippen LogP contribution in [0.4, 0.5) is 5.69 Å². The Bertz CT molecular complexity index is 912. The molecule has 4 rings (SSSR count). The highest BCUT2D eigenvalue weighted by Crippen LogP contribution is 2.34. The van der Waals surface area contributed by atoms with Gasteiger partial charge in [0.05, 0.1) is 12.1 Å². The van der Waals surface area contributed by atoms with E-state index in [9.17, 15) is 4.79 Å². The number of aromatic nitrogens is 1. The van der Waals surface area contributed by atoms with Gasteiger partial charge in [-0.15, -0.1) is 11.3 Å². The summed E-state index contributed by atoms with van der Waals surface area (Å²) in [5.41, 5.74) is 6.63. The predicted molar refractivity (Wildman–Crippen MR) is 99.5 cm³/mol. The van der Waals surface area contributed by atoms with Gasteiger partial charge in [0.1, 0.15) is 5.01 Å². The second-order valence-electron chi connectivity index (χ2n) is 6.06. The lowest BCUT2D eigenvalue weighted by Gasteiger charge is -2.09. The summed E-state index contributed by atoms with van der Waals surface area (Å²) < 4.78 is 0. The summed E-state index contributed by atoms with van der Waals surface area (Å²) in [6.45, 7) is 2.16. The molecule has 1 aliphatic heterocycles. The molecule has 1 aromatic heterocycles. The minimum absolute atomic E-state index is 0.150. The monoisotopic (exact) mass is 334 g/mol. The zero-order valence-electron chi connectivity index (χ0n) is 13.7. The van der Waals surface area contributed by atoms with E-state index >= 15 is 0 Å². The van der Waals surface area contributed by atoms with Crippen molar-refractivity contribution in [1.29, 1.82) is 0 Å². The number of likely N-dealkylation sites (N-methyl/N-ethyl adjacent to an activating group) is 1. The van der Waals surface area contributed by atoms with E-state index in [4.69, 9.17) is 4.98 Å². The molecule has 0 aliphatic carbocycles. The Balaban J connectivity index is 1.65. The molecule has 0 N–H and O–H groups in total. The highest BCUT2D eigenvalue weighted by Gasteiger charge is 2.24. The molecule has 0 unspecified atom stereocenters. The predicted octanol–water partition coefficient (Wildman–Crippen LogP) is 4.56. The molecule has 3 nitrogen and oxygen atoms in total. The zero-order valence-corrected chi connectivity index (χ0v) is 14.6. The Morgan fingerprint density at radius 2 is 1.88 bits per heavy atom. The Morgan fingerprint density at radius 3 is 2.62 bits per heavy atom. The second kappa shape index (κ2) is 5.87.